The zero-order chi connectivity index (χ0) is 27.2. The lowest BCUT2D eigenvalue weighted by atomic mass is 10.0. The minimum Gasteiger partial charge on any atom is -0.504 e. The summed E-state index contributed by atoms with van der Waals surface area (Å²) in [6.07, 6.45) is 3.47. The second-order valence-electron chi connectivity index (χ2n) is 9.29. The van der Waals surface area contributed by atoms with E-state index in [9.17, 15) is 29.0 Å². The predicted molar refractivity (Wildman–Crippen MR) is 137 cm³/mol. The van der Waals surface area contributed by atoms with Gasteiger partial charge in [0.25, 0.3) is 11.8 Å². The van der Waals surface area contributed by atoms with Crippen molar-refractivity contribution < 1.29 is 29.0 Å². The number of nitrogens with one attached hydrogen (secondary N) is 3. The van der Waals surface area contributed by atoms with E-state index in [1.807, 2.05) is 0 Å². The van der Waals surface area contributed by atoms with Crippen molar-refractivity contribution in [2.24, 2.45) is 0 Å². The fourth-order valence-corrected chi connectivity index (χ4v) is 4.22. The quantitative estimate of drug-likeness (QED) is 0.302. The number of nitrogens with zero attached hydrogens (tertiary/aromatic N) is 2. The van der Waals surface area contributed by atoms with E-state index in [4.69, 9.17) is 0 Å². The van der Waals surface area contributed by atoms with Crippen molar-refractivity contribution in [3.8, 4) is 5.75 Å². The first kappa shape index (κ1) is 26.9. The van der Waals surface area contributed by atoms with Crippen LogP contribution >= 0.6 is 0 Å². The lowest BCUT2D eigenvalue weighted by molar-refractivity contribution is -0.122. The Bertz CT molecular complexity index is 1350. The molecule has 3 amide bonds. The molecule has 200 valence electrons. The molecular weight excluding hydrogens is 493 g/mol. The largest absolute Gasteiger partial charge is 0.504 e. The van der Waals surface area contributed by atoms with E-state index in [1.54, 1.807) is 25.1 Å². The van der Waals surface area contributed by atoms with Crippen LogP contribution in [0.25, 0.3) is 10.9 Å². The van der Waals surface area contributed by atoms with Crippen molar-refractivity contribution in [1.29, 1.82) is 0 Å². The van der Waals surface area contributed by atoms with Crippen molar-refractivity contribution in [3.63, 3.8) is 0 Å². The fraction of sp³-hybridized carbons (Fsp3) is 0.370. The van der Waals surface area contributed by atoms with Gasteiger partial charge in [0.2, 0.25) is 5.91 Å². The molecule has 0 aliphatic carbocycles. The number of pyridine rings is 2. The number of carbonyl (C=O) groups is 3. The highest BCUT2D eigenvalue weighted by Gasteiger charge is 2.28. The Balaban J connectivity index is 1.74. The first-order valence-electron chi connectivity index (χ1n) is 12.6. The molecule has 0 spiro atoms. The van der Waals surface area contributed by atoms with Crippen LogP contribution in [0.1, 0.15) is 64.7 Å². The summed E-state index contributed by atoms with van der Waals surface area (Å²) in [5.74, 6) is -2.66. The molecule has 10 nitrogen and oxygen atoms in total. The van der Waals surface area contributed by atoms with Gasteiger partial charge in [-0.15, -0.1) is 0 Å². The number of rotatable bonds is 8. The van der Waals surface area contributed by atoms with Crippen molar-refractivity contribution >= 4 is 28.6 Å². The number of aromatic hydroxyl groups is 1. The Morgan fingerprint density at radius 3 is 2.66 bits per heavy atom. The molecule has 3 aromatic rings. The van der Waals surface area contributed by atoms with Gasteiger partial charge < -0.3 is 26.2 Å². The Kier molecular flexibility index (Phi) is 8.47. The molecule has 5 N–H and O–H groups in total. The van der Waals surface area contributed by atoms with Crippen LogP contribution in [0.3, 0.4) is 0 Å². The molecular formula is C27H30FN5O5. The van der Waals surface area contributed by atoms with Gasteiger partial charge >= 0.3 is 0 Å². The van der Waals surface area contributed by atoms with Crippen LogP contribution in [-0.4, -0.2) is 63.1 Å². The van der Waals surface area contributed by atoms with Gasteiger partial charge in [0, 0.05) is 24.7 Å². The molecule has 1 fully saturated rings. The lowest BCUT2D eigenvalue weighted by Crippen LogP contribution is -2.45. The first-order chi connectivity index (χ1) is 18.3. The van der Waals surface area contributed by atoms with Crippen LogP contribution in [0.5, 0.6) is 5.75 Å². The van der Waals surface area contributed by atoms with E-state index in [2.05, 4.69) is 25.9 Å². The van der Waals surface area contributed by atoms with Gasteiger partial charge in [-0.25, -0.2) is 9.37 Å². The van der Waals surface area contributed by atoms with Gasteiger partial charge in [-0.05, 0) is 61.4 Å². The molecule has 1 saturated heterocycles. The molecule has 2 unspecified atom stereocenters. The smallest absolute Gasteiger partial charge is 0.273 e. The molecule has 11 heteroatoms. The predicted octanol–water partition coefficient (Wildman–Crippen LogP) is 1.96. The Hall–Kier alpha value is -4.12. The highest BCUT2D eigenvalue weighted by atomic mass is 19.1. The molecule has 4 rings (SSSR count). The Morgan fingerprint density at radius 1 is 1.16 bits per heavy atom. The van der Waals surface area contributed by atoms with Crippen LogP contribution in [0, 0.1) is 5.82 Å². The minimum atomic E-state index is -0.787. The summed E-state index contributed by atoms with van der Waals surface area (Å²) in [4.78, 5) is 47.2. The SMILES string of the molecule is CCC(O)CNC(=O)c1nc(C(=O)NC2CCCCNC2=O)c2cc(Cc3ccc(F)cc3)cnc2c1O. The number of fused-ring (bicyclic) bond motifs is 1. The average molecular weight is 524 g/mol. The zero-order valence-corrected chi connectivity index (χ0v) is 21.0. The molecule has 2 atom stereocenters. The number of benzene rings is 1. The van der Waals surface area contributed by atoms with Crippen molar-refractivity contribution in [1.82, 2.24) is 25.9 Å². The number of aromatic nitrogens is 2. The molecule has 1 aromatic carbocycles. The molecule has 0 saturated carbocycles. The monoisotopic (exact) mass is 523 g/mol. The summed E-state index contributed by atoms with van der Waals surface area (Å²) >= 11 is 0. The van der Waals surface area contributed by atoms with Gasteiger partial charge in [0.15, 0.2) is 11.4 Å². The van der Waals surface area contributed by atoms with E-state index in [0.29, 0.717) is 31.4 Å². The number of hydrogen-bond acceptors (Lipinski definition) is 7. The van der Waals surface area contributed by atoms with Crippen molar-refractivity contribution in [2.75, 3.05) is 13.1 Å². The number of halogens is 1. The third kappa shape index (κ3) is 6.23. The Labute approximate surface area is 218 Å². The minimum absolute atomic E-state index is 0.0143. The number of hydrogen-bond donors (Lipinski definition) is 5. The van der Waals surface area contributed by atoms with Crippen molar-refractivity contribution in [2.45, 2.75) is 51.2 Å². The standard InChI is InChI=1S/C27H30FN5O5/c1-2-18(34)14-31-26(37)23-24(35)21-19(12-16(13-30-21)11-15-6-8-17(28)9-7-15)22(33-23)27(38)32-20-5-3-4-10-29-25(20)36/h6-9,12-13,18,20,34-35H,2-5,10-11,14H2,1H3,(H,29,36)(H,31,37)(H,32,38). The normalized spacial score (nSPS) is 16.4. The van der Waals surface area contributed by atoms with Crippen molar-refractivity contribution in [3.05, 3.63) is 64.9 Å². The van der Waals surface area contributed by atoms with Crippen LogP contribution in [0.15, 0.2) is 36.5 Å². The van der Waals surface area contributed by atoms with Gasteiger partial charge in [-0.3, -0.25) is 19.4 Å². The van der Waals surface area contributed by atoms with Gasteiger partial charge in [0.05, 0.1) is 6.10 Å². The summed E-state index contributed by atoms with van der Waals surface area (Å²) in [5, 5.41) is 28.8. The summed E-state index contributed by atoms with van der Waals surface area (Å²) in [6, 6.07) is 6.80. The van der Waals surface area contributed by atoms with Crippen LogP contribution < -0.4 is 16.0 Å². The van der Waals surface area contributed by atoms with Crippen LogP contribution in [-0.2, 0) is 11.2 Å². The summed E-state index contributed by atoms with van der Waals surface area (Å²) in [7, 11) is 0. The number of aliphatic hydroxyl groups excluding tert-OH is 1. The fourth-order valence-electron chi connectivity index (χ4n) is 4.22. The molecule has 0 bridgehead atoms. The highest BCUT2D eigenvalue weighted by Crippen LogP contribution is 2.29. The number of aliphatic hydroxyl groups is 1. The number of amides is 3. The third-order valence-corrected chi connectivity index (χ3v) is 6.43. The summed E-state index contributed by atoms with van der Waals surface area (Å²) < 4.78 is 13.3. The van der Waals surface area contributed by atoms with E-state index in [-0.39, 0.29) is 34.9 Å². The summed E-state index contributed by atoms with van der Waals surface area (Å²) in [5.41, 5.74) is 0.852. The van der Waals surface area contributed by atoms with Gasteiger partial charge in [-0.2, -0.15) is 0 Å². The first-order valence-corrected chi connectivity index (χ1v) is 12.6. The Morgan fingerprint density at radius 2 is 1.92 bits per heavy atom. The second kappa shape index (κ2) is 12.0. The second-order valence-corrected chi connectivity index (χ2v) is 9.29. The van der Waals surface area contributed by atoms with E-state index in [0.717, 1.165) is 18.4 Å². The molecule has 1 aliphatic heterocycles. The van der Waals surface area contributed by atoms with Crippen LogP contribution in [0.4, 0.5) is 4.39 Å². The molecule has 2 aromatic heterocycles. The average Bonchev–Trinajstić information content (AvgIpc) is 3.12. The van der Waals surface area contributed by atoms with E-state index < -0.39 is 35.4 Å². The summed E-state index contributed by atoms with van der Waals surface area (Å²) in [6.45, 7) is 2.21. The number of carbonyl (C=O) groups excluding carboxylic acids is 3. The van der Waals surface area contributed by atoms with Crippen LogP contribution in [0.2, 0.25) is 0 Å². The zero-order valence-electron chi connectivity index (χ0n) is 21.0. The highest BCUT2D eigenvalue weighted by molar-refractivity contribution is 6.10. The third-order valence-electron chi connectivity index (χ3n) is 6.43. The van der Waals surface area contributed by atoms with Gasteiger partial charge in [-0.1, -0.05) is 19.1 Å². The maximum absolute atomic E-state index is 13.4. The lowest BCUT2D eigenvalue weighted by Gasteiger charge is -2.17. The maximum Gasteiger partial charge on any atom is 0.273 e. The van der Waals surface area contributed by atoms with E-state index in [1.165, 1.54) is 18.3 Å². The molecule has 38 heavy (non-hydrogen) atoms. The maximum atomic E-state index is 13.4. The molecule has 0 radical (unpaired) electrons. The van der Waals surface area contributed by atoms with E-state index >= 15 is 0 Å². The topological polar surface area (TPSA) is 154 Å². The molecule has 3 heterocycles. The molecule has 1 aliphatic rings. The van der Waals surface area contributed by atoms with Gasteiger partial charge in [0.1, 0.15) is 23.1 Å².